The Morgan fingerprint density at radius 1 is 1.31 bits per heavy atom. The quantitative estimate of drug-likeness (QED) is 0.434. The van der Waals surface area contributed by atoms with Gasteiger partial charge in [-0.1, -0.05) is 57.5 Å². The molecule has 1 aromatic carbocycles. The maximum absolute atomic E-state index is 5.53. The lowest BCUT2D eigenvalue weighted by Gasteiger charge is -2.54. The zero-order valence-corrected chi connectivity index (χ0v) is 17.1. The second-order valence-electron chi connectivity index (χ2n) is 9.15. The van der Waals surface area contributed by atoms with Crippen molar-refractivity contribution in [2.24, 2.45) is 22.2 Å². The van der Waals surface area contributed by atoms with Gasteiger partial charge in [0.05, 0.1) is 0 Å². The van der Waals surface area contributed by atoms with Crippen LogP contribution in [-0.2, 0) is 16.7 Å². The largest absolute Gasteiger partial charge is 0.396 e. The summed E-state index contributed by atoms with van der Waals surface area (Å²) >= 11 is 0. The molecule has 1 aromatic rings. The predicted octanol–water partition coefficient (Wildman–Crippen LogP) is 5.17. The lowest BCUT2D eigenvalue weighted by Crippen LogP contribution is -2.49. The van der Waals surface area contributed by atoms with E-state index in [1.165, 1.54) is 37.7 Å². The average molecular weight is 357 g/mol. The number of benzene rings is 1. The fraction of sp³-hybridized carbons (Fsp3) is 0.696. The Balaban J connectivity index is 1.85. The molecule has 3 atom stereocenters. The minimum Gasteiger partial charge on any atom is -0.396 e. The van der Waals surface area contributed by atoms with Gasteiger partial charge in [0, 0.05) is 11.6 Å². The highest BCUT2D eigenvalue weighted by Crippen LogP contribution is 2.56. The normalized spacial score (nSPS) is 31.1. The molecule has 3 nitrogen and oxygen atoms in total. The molecule has 144 valence electrons. The van der Waals surface area contributed by atoms with Crippen molar-refractivity contribution in [2.45, 2.75) is 77.6 Å². The van der Waals surface area contributed by atoms with E-state index in [1.807, 2.05) is 0 Å². The predicted molar refractivity (Wildman–Crippen MR) is 110 cm³/mol. The van der Waals surface area contributed by atoms with Crippen molar-refractivity contribution in [1.82, 2.24) is 0 Å². The molecule has 0 aromatic heterocycles. The number of oxime groups is 1. The van der Waals surface area contributed by atoms with Gasteiger partial charge in [0.1, 0.15) is 6.61 Å². The van der Waals surface area contributed by atoms with Crippen molar-refractivity contribution in [2.75, 3.05) is 13.2 Å². The second-order valence-corrected chi connectivity index (χ2v) is 9.15. The molecular weight excluding hydrogens is 320 g/mol. The highest BCUT2D eigenvalue weighted by Gasteiger charge is 2.51. The average Bonchev–Trinajstić information content (AvgIpc) is 2.61. The van der Waals surface area contributed by atoms with Crippen LogP contribution < -0.4 is 5.73 Å². The van der Waals surface area contributed by atoms with Gasteiger partial charge in [0.15, 0.2) is 0 Å². The van der Waals surface area contributed by atoms with Gasteiger partial charge < -0.3 is 10.6 Å². The van der Waals surface area contributed by atoms with E-state index in [0.29, 0.717) is 25.0 Å². The van der Waals surface area contributed by atoms with Gasteiger partial charge in [0.2, 0.25) is 0 Å². The third kappa shape index (κ3) is 3.55. The third-order valence-electron chi connectivity index (χ3n) is 6.95. The first-order valence-corrected chi connectivity index (χ1v) is 10.4. The van der Waals surface area contributed by atoms with E-state index in [2.05, 4.69) is 57.3 Å². The van der Waals surface area contributed by atoms with E-state index in [1.54, 1.807) is 11.1 Å². The van der Waals surface area contributed by atoms with E-state index in [-0.39, 0.29) is 10.8 Å². The van der Waals surface area contributed by atoms with Crippen molar-refractivity contribution in [3.63, 3.8) is 0 Å². The second kappa shape index (κ2) is 7.72. The van der Waals surface area contributed by atoms with Gasteiger partial charge >= 0.3 is 0 Å². The first kappa shape index (κ1) is 19.4. The molecule has 2 N–H and O–H groups in total. The molecule has 0 amide bonds. The van der Waals surface area contributed by atoms with Gasteiger partial charge in [-0.3, -0.25) is 0 Å². The number of hydrogen-bond acceptors (Lipinski definition) is 3. The van der Waals surface area contributed by atoms with E-state index in [9.17, 15) is 0 Å². The standard InChI is InChI=1S/C23H36N2O/c1-17(2)18-7-9-20-19(15-18)8-10-21-22(3,11-5-12-23(20,21)4)16-25-26-14-6-13-24/h7,9,15-17,21H,5-6,8,10-14,24H2,1-4H3/t21?,22-,23-/m1/s1. The molecule has 0 heterocycles. The summed E-state index contributed by atoms with van der Waals surface area (Å²) in [7, 11) is 0. The summed E-state index contributed by atoms with van der Waals surface area (Å²) in [6, 6.07) is 7.25. The summed E-state index contributed by atoms with van der Waals surface area (Å²) in [5.41, 5.74) is 10.5. The molecular formula is C23H36N2O. The molecule has 1 unspecified atom stereocenters. The number of nitrogens with zero attached hydrogens (tertiary/aromatic N) is 1. The minimum absolute atomic E-state index is 0.115. The van der Waals surface area contributed by atoms with E-state index in [4.69, 9.17) is 10.6 Å². The SMILES string of the molecule is CC(C)c1ccc2c(c1)CCC1[C@@](C)(C=NOCCCN)CCC[C@]21C. The number of fused-ring (bicyclic) bond motifs is 3. The fourth-order valence-electron chi connectivity index (χ4n) is 5.43. The van der Waals surface area contributed by atoms with Gasteiger partial charge in [-0.25, -0.2) is 0 Å². The van der Waals surface area contributed by atoms with Crippen LogP contribution in [0, 0.1) is 11.3 Å². The van der Waals surface area contributed by atoms with Crippen molar-refractivity contribution >= 4 is 6.21 Å². The Morgan fingerprint density at radius 2 is 2.12 bits per heavy atom. The smallest absolute Gasteiger partial charge is 0.118 e. The third-order valence-corrected chi connectivity index (χ3v) is 6.95. The summed E-state index contributed by atoms with van der Waals surface area (Å²) < 4.78 is 0. The van der Waals surface area contributed by atoms with Crippen molar-refractivity contribution in [3.05, 3.63) is 34.9 Å². The van der Waals surface area contributed by atoms with E-state index >= 15 is 0 Å². The molecule has 0 aliphatic heterocycles. The van der Waals surface area contributed by atoms with Crippen LogP contribution in [0.25, 0.3) is 0 Å². The van der Waals surface area contributed by atoms with Crippen LogP contribution >= 0.6 is 0 Å². The monoisotopic (exact) mass is 356 g/mol. The van der Waals surface area contributed by atoms with Crippen LogP contribution in [0.4, 0.5) is 0 Å². The van der Waals surface area contributed by atoms with Gasteiger partial charge in [-0.2, -0.15) is 0 Å². The van der Waals surface area contributed by atoms with Crippen LogP contribution in [0.3, 0.4) is 0 Å². The molecule has 1 saturated carbocycles. The van der Waals surface area contributed by atoms with Crippen molar-refractivity contribution < 1.29 is 4.84 Å². The Labute approximate surface area is 159 Å². The summed E-state index contributed by atoms with van der Waals surface area (Å²) in [4.78, 5) is 5.46. The Bertz CT molecular complexity index is 654. The molecule has 26 heavy (non-hydrogen) atoms. The first-order valence-electron chi connectivity index (χ1n) is 10.4. The minimum atomic E-state index is 0.115. The molecule has 2 aliphatic rings. The number of aryl methyl sites for hydroxylation is 1. The summed E-state index contributed by atoms with van der Waals surface area (Å²) in [6.07, 6.45) is 9.15. The Kier molecular flexibility index (Phi) is 5.76. The summed E-state index contributed by atoms with van der Waals surface area (Å²) in [6.45, 7) is 10.7. The molecule has 3 rings (SSSR count). The van der Waals surface area contributed by atoms with Crippen LogP contribution in [0.5, 0.6) is 0 Å². The Hall–Kier alpha value is -1.35. The van der Waals surface area contributed by atoms with Gasteiger partial charge in [-0.15, -0.1) is 0 Å². The van der Waals surface area contributed by atoms with Crippen LogP contribution in [-0.4, -0.2) is 19.4 Å². The van der Waals surface area contributed by atoms with Gasteiger partial charge in [0.25, 0.3) is 0 Å². The van der Waals surface area contributed by atoms with E-state index in [0.717, 1.165) is 6.42 Å². The van der Waals surface area contributed by atoms with Gasteiger partial charge in [-0.05, 0) is 72.6 Å². The maximum Gasteiger partial charge on any atom is 0.118 e. The maximum atomic E-state index is 5.53. The van der Waals surface area contributed by atoms with Crippen LogP contribution in [0.15, 0.2) is 23.4 Å². The molecule has 2 aliphatic carbocycles. The van der Waals surface area contributed by atoms with Crippen LogP contribution in [0.1, 0.15) is 82.4 Å². The molecule has 3 heteroatoms. The summed E-state index contributed by atoms with van der Waals surface area (Å²) in [5.74, 6) is 1.23. The highest BCUT2D eigenvalue weighted by molar-refractivity contribution is 5.66. The fourth-order valence-corrected chi connectivity index (χ4v) is 5.43. The number of rotatable bonds is 6. The molecule has 0 radical (unpaired) electrons. The highest BCUT2D eigenvalue weighted by atomic mass is 16.6. The molecule has 0 spiro atoms. The Morgan fingerprint density at radius 3 is 2.85 bits per heavy atom. The lowest BCUT2D eigenvalue weighted by molar-refractivity contribution is 0.0742. The number of nitrogens with two attached hydrogens (primary N) is 1. The zero-order valence-electron chi connectivity index (χ0n) is 17.1. The van der Waals surface area contributed by atoms with E-state index < -0.39 is 0 Å². The van der Waals surface area contributed by atoms with Crippen LogP contribution in [0.2, 0.25) is 0 Å². The first-order chi connectivity index (χ1) is 12.4. The lowest BCUT2D eigenvalue weighted by atomic mass is 9.50. The molecule has 1 fully saturated rings. The zero-order chi connectivity index (χ0) is 18.8. The van der Waals surface area contributed by atoms with Crippen molar-refractivity contribution in [3.8, 4) is 0 Å². The topological polar surface area (TPSA) is 47.6 Å². The number of hydrogen-bond donors (Lipinski definition) is 1. The molecule has 0 saturated heterocycles. The summed E-state index contributed by atoms with van der Waals surface area (Å²) in [5, 5.41) is 4.34. The molecule has 0 bridgehead atoms. The van der Waals surface area contributed by atoms with Crippen molar-refractivity contribution in [1.29, 1.82) is 0 Å².